The van der Waals surface area contributed by atoms with E-state index < -0.39 is 15.6 Å². The monoisotopic (exact) mass is 312 g/mol. The Kier molecular flexibility index (Phi) is 4.13. The van der Waals surface area contributed by atoms with Crippen LogP contribution < -0.4 is 14.8 Å². The fourth-order valence-corrected chi connectivity index (χ4v) is 3.24. The minimum absolute atomic E-state index is 0.0491. The Balaban J connectivity index is 2.30. The van der Waals surface area contributed by atoms with Gasteiger partial charge in [-0.05, 0) is 32.4 Å². The topological polar surface area (TPSA) is 84.5 Å². The third kappa shape index (κ3) is 3.47. The van der Waals surface area contributed by atoms with Gasteiger partial charge in [-0.15, -0.1) is 0 Å². The third-order valence-electron chi connectivity index (χ3n) is 3.21. The molecule has 116 valence electrons. The Morgan fingerprint density at radius 2 is 2.05 bits per heavy atom. The van der Waals surface area contributed by atoms with Crippen LogP contribution in [0.3, 0.4) is 0 Å². The largest absolute Gasteiger partial charge is 0.476 e. The van der Waals surface area contributed by atoms with Crippen molar-refractivity contribution in [2.75, 3.05) is 15.8 Å². The molecule has 0 aromatic heterocycles. The van der Waals surface area contributed by atoms with Crippen molar-refractivity contribution in [3.8, 4) is 5.75 Å². The maximum absolute atomic E-state index is 12.0. The van der Waals surface area contributed by atoms with Gasteiger partial charge in [-0.25, -0.2) is 8.42 Å². The van der Waals surface area contributed by atoms with E-state index in [-0.39, 0.29) is 11.7 Å². The van der Waals surface area contributed by atoms with Crippen LogP contribution in [-0.4, -0.2) is 25.7 Å². The van der Waals surface area contributed by atoms with Gasteiger partial charge in [0.2, 0.25) is 10.0 Å². The molecular weight excluding hydrogens is 292 g/mol. The lowest BCUT2D eigenvalue weighted by atomic mass is 10.1. The number of sulfonamides is 1. The van der Waals surface area contributed by atoms with E-state index in [1.807, 2.05) is 6.92 Å². The molecule has 0 spiro atoms. The molecule has 1 amide bonds. The summed E-state index contributed by atoms with van der Waals surface area (Å²) >= 11 is 0. The second-order valence-corrected chi connectivity index (χ2v) is 7.36. The molecule has 21 heavy (non-hydrogen) atoms. The normalized spacial score (nSPS) is 16.6. The van der Waals surface area contributed by atoms with Crippen LogP contribution >= 0.6 is 0 Å². The second kappa shape index (κ2) is 5.55. The van der Waals surface area contributed by atoms with E-state index in [0.29, 0.717) is 23.5 Å². The highest BCUT2D eigenvalue weighted by Gasteiger charge is 2.36. The molecule has 0 fully saturated rings. The summed E-state index contributed by atoms with van der Waals surface area (Å²) in [7, 11) is -3.43. The van der Waals surface area contributed by atoms with Gasteiger partial charge in [-0.1, -0.05) is 19.4 Å². The van der Waals surface area contributed by atoms with E-state index in [1.54, 1.807) is 32.0 Å². The molecule has 1 aromatic rings. The first-order chi connectivity index (χ1) is 9.75. The van der Waals surface area contributed by atoms with Crippen LogP contribution in [0.25, 0.3) is 0 Å². The summed E-state index contributed by atoms with van der Waals surface area (Å²) in [5.74, 6) is 0.193. The number of unbranched alkanes of at least 4 members (excludes halogenated alkanes) is 1. The lowest BCUT2D eigenvalue weighted by molar-refractivity contribution is -0.129. The Hall–Kier alpha value is -1.76. The number of carbonyl (C=O) groups is 1. The molecule has 0 atom stereocenters. The van der Waals surface area contributed by atoms with Crippen molar-refractivity contribution in [2.24, 2.45) is 0 Å². The lowest BCUT2D eigenvalue weighted by Gasteiger charge is -2.32. The van der Waals surface area contributed by atoms with Gasteiger partial charge in [0, 0.05) is 0 Å². The van der Waals surface area contributed by atoms with Crippen molar-refractivity contribution in [1.29, 1.82) is 0 Å². The number of fused-ring (bicyclic) bond motifs is 1. The SMILES string of the molecule is CCCCS(=O)(=O)Nc1cccc2c1NC(=O)C(C)(C)O2. The molecule has 0 bridgehead atoms. The van der Waals surface area contributed by atoms with Crippen molar-refractivity contribution >= 4 is 27.3 Å². The van der Waals surface area contributed by atoms with E-state index in [1.165, 1.54) is 0 Å². The molecule has 0 radical (unpaired) electrons. The highest BCUT2D eigenvalue weighted by atomic mass is 32.2. The zero-order chi connectivity index (χ0) is 15.7. The van der Waals surface area contributed by atoms with Crippen LogP contribution in [-0.2, 0) is 14.8 Å². The number of rotatable bonds is 5. The Labute approximate surface area is 124 Å². The Bertz CT molecular complexity index is 653. The Morgan fingerprint density at radius 3 is 2.71 bits per heavy atom. The van der Waals surface area contributed by atoms with Crippen LogP contribution in [0.5, 0.6) is 5.75 Å². The van der Waals surface area contributed by atoms with Gasteiger partial charge in [0.15, 0.2) is 5.60 Å². The molecule has 0 saturated carbocycles. The first kappa shape index (κ1) is 15.6. The van der Waals surface area contributed by atoms with Gasteiger partial charge in [0.05, 0.1) is 11.4 Å². The van der Waals surface area contributed by atoms with Crippen LogP contribution in [0.15, 0.2) is 18.2 Å². The lowest BCUT2D eigenvalue weighted by Crippen LogP contribution is -2.45. The van der Waals surface area contributed by atoms with Gasteiger partial charge in [-0.3, -0.25) is 9.52 Å². The number of carbonyl (C=O) groups excluding carboxylic acids is 1. The highest BCUT2D eigenvalue weighted by molar-refractivity contribution is 7.92. The molecular formula is C14H20N2O4S. The summed E-state index contributed by atoms with van der Waals surface area (Å²) in [4.78, 5) is 12.0. The average Bonchev–Trinajstić information content (AvgIpc) is 2.38. The number of benzene rings is 1. The molecule has 0 aliphatic carbocycles. The molecule has 1 aromatic carbocycles. The number of nitrogens with one attached hydrogen (secondary N) is 2. The maximum Gasteiger partial charge on any atom is 0.268 e. The molecule has 2 rings (SSSR count). The predicted molar refractivity (Wildman–Crippen MR) is 82.1 cm³/mol. The minimum atomic E-state index is -3.43. The second-order valence-electron chi connectivity index (χ2n) is 5.52. The van der Waals surface area contributed by atoms with Gasteiger partial charge < -0.3 is 10.1 Å². The quantitative estimate of drug-likeness (QED) is 0.874. The van der Waals surface area contributed by atoms with Crippen molar-refractivity contribution < 1.29 is 17.9 Å². The number of hydrogen-bond donors (Lipinski definition) is 2. The van der Waals surface area contributed by atoms with Gasteiger partial charge >= 0.3 is 0 Å². The van der Waals surface area contributed by atoms with Gasteiger partial charge in [-0.2, -0.15) is 0 Å². The predicted octanol–water partition coefficient (Wildman–Crippen LogP) is 2.34. The molecule has 6 nitrogen and oxygen atoms in total. The number of ether oxygens (including phenoxy) is 1. The standard InChI is InChI=1S/C14H20N2O4S/c1-4-5-9-21(18,19)16-10-7-6-8-11-12(10)15-13(17)14(2,3)20-11/h6-8,16H,4-5,9H2,1-3H3,(H,15,17). The van der Waals surface area contributed by atoms with E-state index in [9.17, 15) is 13.2 Å². The number of amides is 1. The molecule has 7 heteroatoms. The molecule has 0 saturated heterocycles. The Morgan fingerprint density at radius 1 is 1.33 bits per heavy atom. The molecule has 0 unspecified atom stereocenters. The molecule has 1 aliphatic heterocycles. The van der Waals surface area contributed by atoms with Gasteiger partial charge in [0.25, 0.3) is 5.91 Å². The first-order valence-electron chi connectivity index (χ1n) is 6.89. The van der Waals surface area contributed by atoms with E-state index >= 15 is 0 Å². The van der Waals surface area contributed by atoms with Crippen molar-refractivity contribution in [1.82, 2.24) is 0 Å². The van der Waals surface area contributed by atoms with Crippen LogP contribution in [0.4, 0.5) is 11.4 Å². The van der Waals surface area contributed by atoms with E-state index in [4.69, 9.17) is 4.74 Å². The number of anilines is 2. The third-order valence-corrected chi connectivity index (χ3v) is 4.57. The van der Waals surface area contributed by atoms with Crippen LogP contribution in [0.2, 0.25) is 0 Å². The average molecular weight is 312 g/mol. The first-order valence-corrected chi connectivity index (χ1v) is 8.54. The smallest absolute Gasteiger partial charge is 0.268 e. The number of hydrogen-bond acceptors (Lipinski definition) is 4. The summed E-state index contributed by atoms with van der Waals surface area (Å²) in [6, 6.07) is 4.98. The van der Waals surface area contributed by atoms with Crippen molar-refractivity contribution in [3.05, 3.63) is 18.2 Å². The van der Waals surface area contributed by atoms with Crippen molar-refractivity contribution in [2.45, 2.75) is 39.2 Å². The summed E-state index contributed by atoms with van der Waals surface area (Å²) < 4.78 is 32.1. The summed E-state index contributed by atoms with van der Waals surface area (Å²) in [5, 5.41) is 2.71. The molecule has 1 heterocycles. The minimum Gasteiger partial charge on any atom is -0.476 e. The summed E-state index contributed by atoms with van der Waals surface area (Å²) in [5.41, 5.74) is -0.290. The van der Waals surface area contributed by atoms with Crippen LogP contribution in [0, 0.1) is 0 Å². The van der Waals surface area contributed by atoms with E-state index in [0.717, 1.165) is 6.42 Å². The zero-order valence-corrected chi connectivity index (χ0v) is 13.2. The van der Waals surface area contributed by atoms with Crippen LogP contribution in [0.1, 0.15) is 33.6 Å². The fourth-order valence-electron chi connectivity index (χ4n) is 1.97. The number of para-hydroxylation sites is 1. The summed E-state index contributed by atoms with van der Waals surface area (Å²) in [6.07, 6.45) is 1.38. The highest BCUT2D eigenvalue weighted by Crippen LogP contribution is 2.39. The fraction of sp³-hybridized carbons (Fsp3) is 0.500. The summed E-state index contributed by atoms with van der Waals surface area (Å²) in [6.45, 7) is 5.24. The maximum atomic E-state index is 12.0. The van der Waals surface area contributed by atoms with E-state index in [2.05, 4.69) is 10.0 Å². The van der Waals surface area contributed by atoms with Gasteiger partial charge in [0.1, 0.15) is 11.4 Å². The van der Waals surface area contributed by atoms with Crippen molar-refractivity contribution in [3.63, 3.8) is 0 Å². The molecule has 1 aliphatic rings. The zero-order valence-electron chi connectivity index (χ0n) is 12.4. The molecule has 2 N–H and O–H groups in total.